The van der Waals surface area contributed by atoms with E-state index in [1.54, 1.807) is 6.07 Å². The van der Waals surface area contributed by atoms with Crippen molar-refractivity contribution in [2.24, 2.45) is 0 Å². The number of nitrogens with zero attached hydrogens (tertiary/aromatic N) is 1. The Balaban J connectivity index is 2.22. The quantitative estimate of drug-likeness (QED) is 0.929. The first-order valence-electron chi connectivity index (χ1n) is 6.05. The van der Waals surface area contributed by atoms with Gasteiger partial charge >= 0.3 is 0 Å². The van der Waals surface area contributed by atoms with Crippen molar-refractivity contribution in [3.05, 3.63) is 45.7 Å². The standard InChI is InChI=1S/C14H15FN2OS/c1-4-12-9(3)19-14(16-12)17-13(18)10-7-8(2)5-6-11(10)15/h5-7H,4H2,1-3H3,(H,16,17,18). The van der Waals surface area contributed by atoms with Crippen LogP contribution in [0.25, 0.3) is 0 Å². The molecule has 1 heterocycles. The minimum Gasteiger partial charge on any atom is -0.298 e. The van der Waals surface area contributed by atoms with Gasteiger partial charge in [-0.05, 0) is 32.4 Å². The number of nitrogens with one attached hydrogen (secondary N) is 1. The van der Waals surface area contributed by atoms with E-state index < -0.39 is 11.7 Å². The van der Waals surface area contributed by atoms with Crippen molar-refractivity contribution in [2.45, 2.75) is 27.2 Å². The SMILES string of the molecule is CCc1nc(NC(=O)c2cc(C)ccc2F)sc1C. The predicted molar refractivity (Wildman–Crippen MR) is 75.3 cm³/mol. The third-order valence-corrected chi connectivity index (χ3v) is 3.74. The summed E-state index contributed by atoms with van der Waals surface area (Å²) in [5.41, 5.74) is 1.85. The number of anilines is 1. The average molecular weight is 278 g/mol. The summed E-state index contributed by atoms with van der Waals surface area (Å²) in [6.07, 6.45) is 0.816. The van der Waals surface area contributed by atoms with Crippen LogP contribution < -0.4 is 5.32 Å². The van der Waals surface area contributed by atoms with Gasteiger partial charge in [0.2, 0.25) is 0 Å². The lowest BCUT2D eigenvalue weighted by Gasteiger charge is -2.04. The maximum atomic E-state index is 13.6. The van der Waals surface area contributed by atoms with Crippen LogP contribution in [0.5, 0.6) is 0 Å². The number of amides is 1. The minimum atomic E-state index is -0.521. The number of benzene rings is 1. The molecular formula is C14H15FN2OS. The molecule has 100 valence electrons. The van der Waals surface area contributed by atoms with Crippen molar-refractivity contribution in [3.63, 3.8) is 0 Å². The van der Waals surface area contributed by atoms with Crippen LogP contribution in [0.4, 0.5) is 9.52 Å². The first-order valence-corrected chi connectivity index (χ1v) is 6.86. The molecule has 0 atom stereocenters. The van der Waals surface area contributed by atoms with Gasteiger partial charge in [-0.1, -0.05) is 18.6 Å². The van der Waals surface area contributed by atoms with Gasteiger partial charge in [-0.2, -0.15) is 0 Å². The first kappa shape index (κ1) is 13.7. The second-order valence-electron chi connectivity index (χ2n) is 4.31. The predicted octanol–water partition coefficient (Wildman–Crippen LogP) is 3.71. The van der Waals surface area contributed by atoms with Crippen molar-refractivity contribution in [1.29, 1.82) is 0 Å². The number of hydrogen-bond donors (Lipinski definition) is 1. The molecule has 1 N–H and O–H groups in total. The monoisotopic (exact) mass is 278 g/mol. The highest BCUT2D eigenvalue weighted by molar-refractivity contribution is 7.15. The van der Waals surface area contributed by atoms with E-state index in [2.05, 4.69) is 10.3 Å². The number of aryl methyl sites for hydroxylation is 3. The molecule has 0 aliphatic carbocycles. The highest BCUT2D eigenvalue weighted by atomic mass is 32.1. The second-order valence-corrected chi connectivity index (χ2v) is 5.52. The van der Waals surface area contributed by atoms with E-state index in [9.17, 15) is 9.18 Å². The number of thiazole rings is 1. The van der Waals surface area contributed by atoms with Crippen molar-refractivity contribution in [1.82, 2.24) is 4.98 Å². The molecule has 0 fully saturated rings. The lowest BCUT2D eigenvalue weighted by molar-refractivity contribution is 0.102. The molecule has 0 aliphatic heterocycles. The topological polar surface area (TPSA) is 42.0 Å². The van der Waals surface area contributed by atoms with Crippen molar-refractivity contribution < 1.29 is 9.18 Å². The molecule has 0 radical (unpaired) electrons. The van der Waals surface area contributed by atoms with E-state index >= 15 is 0 Å². The Kier molecular flexibility index (Phi) is 3.95. The molecule has 19 heavy (non-hydrogen) atoms. The average Bonchev–Trinajstić information content (AvgIpc) is 2.72. The van der Waals surface area contributed by atoms with Gasteiger partial charge in [-0.15, -0.1) is 11.3 Å². The summed E-state index contributed by atoms with van der Waals surface area (Å²) in [5.74, 6) is -0.982. The maximum absolute atomic E-state index is 13.6. The van der Waals surface area contributed by atoms with Crippen LogP contribution in [-0.4, -0.2) is 10.9 Å². The van der Waals surface area contributed by atoms with Gasteiger partial charge in [0, 0.05) is 4.88 Å². The van der Waals surface area contributed by atoms with E-state index in [1.165, 1.54) is 23.5 Å². The Morgan fingerprint density at radius 3 is 2.79 bits per heavy atom. The fourth-order valence-electron chi connectivity index (χ4n) is 1.79. The highest BCUT2D eigenvalue weighted by Gasteiger charge is 2.14. The van der Waals surface area contributed by atoms with E-state index in [4.69, 9.17) is 0 Å². The lowest BCUT2D eigenvalue weighted by Crippen LogP contribution is -2.13. The Labute approximate surface area is 115 Å². The minimum absolute atomic E-state index is 0.0471. The van der Waals surface area contributed by atoms with Gasteiger partial charge in [0.25, 0.3) is 5.91 Å². The summed E-state index contributed by atoms with van der Waals surface area (Å²) < 4.78 is 13.6. The van der Waals surface area contributed by atoms with E-state index in [0.717, 1.165) is 22.6 Å². The summed E-state index contributed by atoms with van der Waals surface area (Å²) in [4.78, 5) is 17.4. The van der Waals surface area contributed by atoms with Crippen LogP contribution in [0.1, 0.15) is 33.4 Å². The normalized spacial score (nSPS) is 10.5. The van der Waals surface area contributed by atoms with Gasteiger partial charge in [0.05, 0.1) is 11.3 Å². The van der Waals surface area contributed by atoms with Gasteiger partial charge in [0.1, 0.15) is 5.82 Å². The molecule has 0 bridgehead atoms. The zero-order valence-electron chi connectivity index (χ0n) is 11.1. The molecule has 3 nitrogen and oxygen atoms in total. The number of carbonyl (C=O) groups excluding carboxylic acids is 1. The molecular weight excluding hydrogens is 263 g/mol. The molecule has 1 aromatic heterocycles. The van der Waals surface area contributed by atoms with Crippen LogP contribution in [0, 0.1) is 19.7 Å². The van der Waals surface area contributed by atoms with Crippen molar-refractivity contribution >= 4 is 22.4 Å². The third kappa shape index (κ3) is 2.98. The van der Waals surface area contributed by atoms with Crippen LogP contribution >= 0.6 is 11.3 Å². The fourth-order valence-corrected chi connectivity index (χ4v) is 2.68. The summed E-state index contributed by atoms with van der Waals surface area (Å²) in [5, 5.41) is 3.16. The van der Waals surface area contributed by atoms with Crippen LogP contribution in [-0.2, 0) is 6.42 Å². The summed E-state index contributed by atoms with van der Waals surface area (Å²) in [6.45, 7) is 5.78. The Morgan fingerprint density at radius 1 is 1.42 bits per heavy atom. The molecule has 0 saturated carbocycles. The summed E-state index contributed by atoms with van der Waals surface area (Å²) in [6, 6.07) is 4.47. The lowest BCUT2D eigenvalue weighted by atomic mass is 10.1. The summed E-state index contributed by atoms with van der Waals surface area (Å²) in [7, 11) is 0. The van der Waals surface area contributed by atoms with Crippen LogP contribution in [0.15, 0.2) is 18.2 Å². The van der Waals surface area contributed by atoms with E-state index in [1.807, 2.05) is 20.8 Å². The molecule has 5 heteroatoms. The van der Waals surface area contributed by atoms with Gasteiger partial charge in [-0.3, -0.25) is 10.1 Å². The molecule has 0 saturated heterocycles. The van der Waals surface area contributed by atoms with Gasteiger partial charge in [-0.25, -0.2) is 9.37 Å². The Hall–Kier alpha value is -1.75. The van der Waals surface area contributed by atoms with Crippen LogP contribution in [0.2, 0.25) is 0 Å². The number of carbonyl (C=O) groups is 1. The Morgan fingerprint density at radius 2 is 2.16 bits per heavy atom. The smallest absolute Gasteiger partial charge is 0.260 e. The van der Waals surface area contributed by atoms with E-state index in [-0.39, 0.29) is 5.56 Å². The van der Waals surface area contributed by atoms with E-state index in [0.29, 0.717) is 5.13 Å². The molecule has 0 spiro atoms. The zero-order valence-corrected chi connectivity index (χ0v) is 11.9. The number of halogens is 1. The second kappa shape index (κ2) is 5.48. The van der Waals surface area contributed by atoms with Gasteiger partial charge in [0.15, 0.2) is 5.13 Å². The number of hydrogen-bond acceptors (Lipinski definition) is 3. The first-order chi connectivity index (χ1) is 9.01. The molecule has 0 aliphatic rings. The van der Waals surface area contributed by atoms with Crippen molar-refractivity contribution in [3.8, 4) is 0 Å². The largest absolute Gasteiger partial charge is 0.298 e. The zero-order chi connectivity index (χ0) is 14.0. The number of aromatic nitrogens is 1. The fraction of sp³-hybridized carbons (Fsp3) is 0.286. The molecule has 0 unspecified atom stereocenters. The highest BCUT2D eigenvalue weighted by Crippen LogP contribution is 2.23. The molecule has 2 rings (SSSR count). The van der Waals surface area contributed by atoms with Crippen molar-refractivity contribution in [2.75, 3.05) is 5.32 Å². The Bertz CT molecular complexity index is 622. The summed E-state index contributed by atoms with van der Waals surface area (Å²) >= 11 is 1.41. The number of rotatable bonds is 3. The molecule has 1 amide bonds. The third-order valence-electron chi connectivity index (χ3n) is 2.81. The molecule has 2 aromatic rings. The molecule has 1 aromatic carbocycles. The van der Waals surface area contributed by atoms with Gasteiger partial charge < -0.3 is 0 Å². The van der Waals surface area contributed by atoms with Crippen LogP contribution in [0.3, 0.4) is 0 Å². The maximum Gasteiger partial charge on any atom is 0.260 e.